The van der Waals surface area contributed by atoms with Crippen molar-refractivity contribution in [1.82, 2.24) is 79.8 Å². The molecule has 6 aliphatic heterocycles. The Bertz CT molecular complexity index is 2010. The zero-order valence-electron chi connectivity index (χ0n) is 43.2. The third kappa shape index (κ3) is 20.5. The summed E-state index contributed by atoms with van der Waals surface area (Å²) in [5.41, 5.74) is 9.51. The van der Waals surface area contributed by atoms with Crippen LogP contribution in [-0.2, 0) is 24.4 Å². The summed E-state index contributed by atoms with van der Waals surface area (Å²) < 4.78 is 4.93. The van der Waals surface area contributed by atoms with Crippen molar-refractivity contribution in [2.45, 2.75) is 41.8 Å². The zero-order valence-corrected chi connectivity index (χ0v) is 43.2. The maximum Gasteiger partial charge on any atom is 0.335 e. The average molecular weight is 1040 g/mol. The van der Waals surface area contributed by atoms with Crippen LogP contribution >= 0.6 is 0 Å². The highest BCUT2D eigenvalue weighted by molar-refractivity contribution is 5.88. The molecule has 0 radical (unpaired) electrons. The number of ether oxygens (including phenoxy) is 1. The molecule has 0 atom stereocenters. The number of carboxylic acids is 2. The van der Waals surface area contributed by atoms with Crippen LogP contribution in [0.3, 0.4) is 0 Å². The van der Waals surface area contributed by atoms with Gasteiger partial charge in [0.05, 0.1) is 33.3 Å². The molecule has 22 heteroatoms. The zero-order chi connectivity index (χ0) is 52.2. The van der Waals surface area contributed by atoms with Crippen molar-refractivity contribution >= 4 is 18.4 Å². The normalized spacial score (nSPS) is 26.7. The molecule has 6 heterocycles. The molecule has 0 amide bonds. The molecule has 0 aromatic heterocycles. The van der Waals surface area contributed by atoms with Gasteiger partial charge in [-0.3, -0.25) is 4.79 Å². The van der Waals surface area contributed by atoms with Crippen molar-refractivity contribution in [3.8, 4) is 5.75 Å². The van der Waals surface area contributed by atoms with Crippen molar-refractivity contribution in [3.05, 3.63) is 101 Å². The molecular formula is C52H90N16O6. The Morgan fingerprint density at radius 1 is 0.432 bits per heavy atom. The Hall–Kier alpha value is -4.57. The third-order valence-corrected chi connectivity index (χ3v) is 14.0. The topological polar surface area (TPSA) is 307 Å². The predicted molar refractivity (Wildman–Crippen MR) is 294 cm³/mol. The monoisotopic (exact) mass is 1030 g/mol. The van der Waals surface area contributed by atoms with E-state index in [1.165, 1.54) is 0 Å². The molecule has 0 saturated carbocycles. The Morgan fingerprint density at radius 2 is 0.662 bits per heavy atom. The summed E-state index contributed by atoms with van der Waals surface area (Å²) in [5.74, 6) is -1.28. The van der Waals surface area contributed by atoms with Crippen LogP contribution in [0.25, 0.3) is 0 Å². The van der Waals surface area contributed by atoms with Gasteiger partial charge in [-0.15, -0.1) is 0 Å². The second-order valence-corrected chi connectivity index (χ2v) is 20.2. The number of rotatable bonds is 13. The SMILES string of the molecule is NC12CNCCNCC(NCc3ccc(C(=O)O)cc3)(CNCCNC1)CNCCNC2.O=COc1ccc(CNC23CNCCNCC(NCc4ccc(C(=O)O)cc4)(CNCCNC2)CNCCNC3)cc1.[HH].[HH]. The smallest absolute Gasteiger partial charge is 0.335 e. The molecule has 22 nitrogen and oxygen atoms in total. The van der Waals surface area contributed by atoms with Gasteiger partial charge in [0.25, 0.3) is 6.47 Å². The van der Waals surface area contributed by atoms with Crippen LogP contribution in [0.2, 0.25) is 0 Å². The molecule has 19 N–H and O–H groups in total. The maximum absolute atomic E-state index is 11.2. The van der Waals surface area contributed by atoms with Gasteiger partial charge in [0.1, 0.15) is 5.75 Å². The third-order valence-electron chi connectivity index (χ3n) is 14.0. The average Bonchev–Trinajstić information content (AvgIpc) is 3.40. The Morgan fingerprint density at radius 3 is 0.892 bits per heavy atom. The van der Waals surface area contributed by atoms with Crippen LogP contribution in [0, 0.1) is 0 Å². The number of hydrogen-bond donors (Lipinski definition) is 18. The predicted octanol–water partition coefficient (Wildman–Crippen LogP) is -3.19. The molecule has 0 unspecified atom stereocenters. The quantitative estimate of drug-likeness (QED) is 0.0751. The molecule has 6 saturated heterocycles. The van der Waals surface area contributed by atoms with Crippen LogP contribution in [0.1, 0.15) is 40.3 Å². The van der Waals surface area contributed by atoms with Gasteiger partial charge >= 0.3 is 11.9 Å². The molecule has 3 aromatic carbocycles. The number of nitrogens with two attached hydrogens (primary N) is 1. The molecular weight excluding hydrogens is 945 g/mol. The lowest BCUT2D eigenvalue weighted by molar-refractivity contribution is -0.120. The second-order valence-electron chi connectivity index (χ2n) is 20.2. The molecule has 6 aliphatic rings. The fraction of sp³-hybridized carbons (Fsp3) is 0.596. The molecule has 0 spiro atoms. The van der Waals surface area contributed by atoms with E-state index in [1.54, 1.807) is 24.3 Å². The number of carbonyl (C=O) groups is 3. The van der Waals surface area contributed by atoms with Gasteiger partial charge in [-0.25, -0.2) is 9.59 Å². The first kappa shape index (κ1) is 58.7. The lowest BCUT2D eigenvalue weighted by Crippen LogP contribution is -2.66. The minimum Gasteiger partial charge on any atom is -0.478 e. The minimum atomic E-state index is -0.913. The highest BCUT2D eigenvalue weighted by Crippen LogP contribution is 2.14. The first-order valence-electron chi connectivity index (χ1n) is 26.4. The fourth-order valence-electron chi connectivity index (χ4n) is 9.47. The number of hydrogen-bond acceptors (Lipinski definition) is 20. The first-order chi connectivity index (χ1) is 36.0. The molecule has 74 heavy (non-hydrogen) atoms. The van der Waals surface area contributed by atoms with Crippen LogP contribution in [0.15, 0.2) is 72.8 Å². The van der Waals surface area contributed by atoms with E-state index in [2.05, 4.69) is 79.8 Å². The summed E-state index contributed by atoms with van der Waals surface area (Å²) in [6.07, 6.45) is 0. The van der Waals surface area contributed by atoms with Crippen molar-refractivity contribution in [1.29, 1.82) is 0 Å². The largest absolute Gasteiger partial charge is 0.478 e. The second kappa shape index (κ2) is 31.5. The van der Waals surface area contributed by atoms with Gasteiger partial charge in [-0.1, -0.05) is 36.4 Å². The summed E-state index contributed by atoms with van der Waals surface area (Å²) in [6.45, 7) is 21.9. The summed E-state index contributed by atoms with van der Waals surface area (Å²) >= 11 is 0. The summed E-state index contributed by atoms with van der Waals surface area (Å²) in [6, 6.07) is 21.7. The van der Waals surface area contributed by atoms with Crippen LogP contribution < -0.4 is 90.2 Å². The first-order valence-corrected chi connectivity index (χ1v) is 26.4. The molecule has 414 valence electrons. The number of carboxylic acid groups (broad SMARTS) is 2. The highest BCUT2D eigenvalue weighted by Gasteiger charge is 2.33. The number of carbonyl (C=O) groups excluding carboxylic acids is 1. The maximum atomic E-state index is 11.2. The van der Waals surface area contributed by atoms with Gasteiger partial charge in [0.15, 0.2) is 0 Å². The molecule has 0 aliphatic carbocycles. The summed E-state index contributed by atoms with van der Waals surface area (Å²) in [4.78, 5) is 33.0. The van der Waals surface area contributed by atoms with E-state index in [-0.39, 0.29) is 25.0 Å². The van der Waals surface area contributed by atoms with E-state index in [9.17, 15) is 19.5 Å². The lowest BCUT2D eigenvalue weighted by Gasteiger charge is -2.39. The number of benzene rings is 3. The lowest BCUT2D eigenvalue weighted by atomic mass is 9.96. The van der Waals surface area contributed by atoms with Gasteiger partial charge in [0.2, 0.25) is 0 Å². The van der Waals surface area contributed by atoms with Crippen LogP contribution in [-0.4, -0.2) is 208 Å². The van der Waals surface area contributed by atoms with Gasteiger partial charge in [0, 0.05) is 180 Å². The minimum absolute atomic E-state index is 0. The van der Waals surface area contributed by atoms with Crippen molar-refractivity contribution in [3.63, 3.8) is 0 Å². The highest BCUT2D eigenvalue weighted by atomic mass is 16.5. The van der Waals surface area contributed by atoms with Crippen LogP contribution in [0.4, 0.5) is 0 Å². The number of nitrogens with one attached hydrogen (secondary N) is 15. The Balaban J connectivity index is 0.000000331. The van der Waals surface area contributed by atoms with Gasteiger partial charge in [-0.2, -0.15) is 0 Å². The van der Waals surface area contributed by atoms with E-state index in [1.807, 2.05) is 48.5 Å². The molecule has 9 rings (SSSR count). The van der Waals surface area contributed by atoms with E-state index >= 15 is 0 Å². The van der Waals surface area contributed by atoms with E-state index in [0.29, 0.717) is 43.0 Å². The van der Waals surface area contributed by atoms with Crippen molar-refractivity contribution in [2.75, 3.05) is 157 Å². The Kier molecular flexibility index (Phi) is 25.0. The van der Waals surface area contributed by atoms with E-state index in [0.717, 1.165) is 174 Å². The molecule has 4 bridgehead atoms. The summed E-state index contributed by atoms with van der Waals surface area (Å²) in [7, 11) is 0. The number of aromatic carboxylic acids is 2. The van der Waals surface area contributed by atoms with Crippen molar-refractivity contribution in [2.24, 2.45) is 5.73 Å². The molecule has 6 fully saturated rings. The van der Waals surface area contributed by atoms with Crippen LogP contribution in [0.5, 0.6) is 5.75 Å². The van der Waals surface area contributed by atoms with E-state index in [4.69, 9.17) is 15.6 Å². The Labute approximate surface area is 440 Å². The van der Waals surface area contributed by atoms with E-state index < -0.39 is 11.9 Å². The van der Waals surface area contributed by atoms with Gasteiger partial charge in [-0.05, 0) is 53.1 Å². The standard InChI is InChI=1S/C30H46N8O4.C22H40N8O2.2H2/c39-23-42-27-7-3-25(4-8-27)16-38-30-20-34-12-9-31-17-29(18-32-10-13-35-21-30,19-33-11-14-36-22-30)37-15-24-1-5-26(6-2-24)28(40)41;23-21-12-24-5-8-27-15-22(16-28-9-6-25-13-21,17-29-10-7-26-14-21)30-11-18-1-3-19(4-2-18)20(31)32;;/h1-8,23,31-38H,9-22H2,(H,40,41);1-4,24-30H,5-17,23H2,(H,31,32);2*1H. The number of fused-ring (bicyclic) bond motifs is 30. The molecule has 3 aromatic rings. The summed E-state index contributed by atoms with van der Waals surface area (Å²) in [5, 5.41) is 73.1. The van der Waals surface area contributed by atoms with Crippen molar-refractivity contribution < 1.29 is 32.2 Å². The fourth-order valence-corrected chi connectivity index (χ4v) is 9.47. The van der Waals surface area contributed by atoms with Gasteiger partial charge < -0.3 is 100 Å².